The van der Waals surface area contributed by atoms with Crippen molar-refractivity contribution in [3.05, 3.63) is 0 Å². The molecule has 0 radical (unpaired) electrons. The van der Waals surface area contributed by atoms with E-state index < -0.39 is 0 Å². The van der Waals surface area contributed by atoms with Gasteiger partial charge in [0.05, 0.1) is 0 Å². The smallest absolute Gasteiger partial charge is 0.00489 e. The van der Waals surface area contributed by atoms with Crippen LogP contribution in [0, 0.1) is 11.8 Å². The molecule has 1 heteroatoms. The first kappa shape index (κ1) is 5.10. The zero-order valence-electron chi connectivity index (χ0n) is 4.85. The minimum atomic E-state index is 0.792. The summed E-state index contributed by atoms with van der Waals surface area (Å²) in [6, 6.07) is 0. The summed E-state index contributed by atoms with van der Waals surface area (Å²) in [6.07, 6.45) is 2.86. The highest BCUT2D eigenvalue weighted by Gasteiger charge is 2.26. The second kappa shape index (κ2) is 1.83. The Morgan fingerprint density at radius 1 is 1.71 bits per heavy atom. The average molecular weight is 99.2 g/mol. The second-order valence-electron chi connectivity index (χ2n) is 2.55. The van der Waals surface area contributed by atoms with Crippen LogP contribution in [0.4, 0.5) is 0 Å². The minimum absolute atomic E-state index is 0.792. The lowest BCUT2D eigenvalue weighted by molar-refractivity contribution is 0.521. The van der Waals surface area contributed by atoms with E-state index in [0.717, 1.165) is 18.4 Å². The van der Waals surface area contributed by atoms with Crippen LogP contribution in [0.15, 0.2) is 0 Å². The Morgan fingerprint density at radius 3 is 2.43 bits per heavy atom. The predicted molar refractivity (Wildman–Crippen MR) is 30.9 cm³/mol. The molecule has 1 saturated carbocycles. The van der Waals surface area contributed by atoms with Crippen molar-refractivity contribution in [2.75, 3.05) is 6.54 Å². The highest BCUT2D eigenvalue weighted by Crippen LogP contribution is 2.35. The minimum Gasteiger partial charge on any atom is -0.330 e. The van der Waals surface area contributed by atoms with Crippen LogP contribution >= 0.6 is 0 Å². The lowest BCUT2D eigenvalue weighted by Crippen LogP contribution is -2.11. The molecular weight excluding hydrogens is 86.1 g/mol. The quantitative estimate of drug-likeness (QED) is 0.549. The van der Waals surface area contributed by atoms with E-state index in [9.17, 15) is 0 Å². The molecule has 0 bridgehead atoms. The van der Waals surface area contributed by atoms with Gasteiger partial charge in [0, 0.05) is 0 Å². The highest BCUT2D eigenvalue weighted by molar-refractivity contribution is 4.78. The van der Waals surface area contributed by atoms with Gasteiger partial charge in [-0.2, -0.15) is 0 Å². The van der Waals surface area contributed by atoms with E-state index in [1.165, 1.54) is 12.8 Å². The Hall–Kier alpha value is -0.0400. The van der Waals surface area contributed by atoms with E-state index in [1.807, 2.05) is 0 Å². The molecule has 1 aliphatic carbocycles. The third-order valence-electron chi connectivity index (χ3n) is 1.80. The number of rotatable bonds is 2. The van der Waals surface area contributed by atoms with E-state index >= 15 is 0 Å². The second-order valence-corrected chi connectivity index (χ2v) is 2.55. The van der Waals surface area contributed by atoms with Crippen molar-refractivity contribution in [2.24, 2.45) is 17.6 Å². The van der Waals surface area contributed by atoms with Gasteiger partial charge in [0.25, 0.3) is 0 Å². The van der Waals surface area contributed by atoms with Gasteiger partial charge in [-0.1, -0.05) is 6.92 Å². The van der Waals surface area contributed by atoms with Crippen molar-refractivity contribution in [1.29, 1.82) is 0 Å². The fraction of sp³-hybridized carbons (Fsp3) is 1.00. The van der Waals surface area contributed by atoms with E-state index in [-0.39, 0.29) is 0 Å². The van der Waals surface area contributed by atoms with Crippen molar-refractivity contribution in [3.63, 3.8) is 0 Å². The topological polar surface area (TPSA) is 26.0 Å². The van der Waals surface area contributed by atoms with Crippen molar-refractivity contribution in [3.8, 4) is 0 Å². The molecule has 0 aliphatic heterocycles. The van der Waals surface area contributed by atoms with Gasteiger partial charge in [-0.3, -0.25) is 0 Å². The average Bonchev–Trinajstić information content (AvgIpc) is 2.44. The van der Waals surface area contributed by atoms with E-state index in [2.05, 4.69) is 6.92 Å². The Kier molecular flexibility index (Phi) is 1.33. The number of hydrogen-bond donors (Lipinski definition) is 1. The Morgan fingerprint density at radius 2 is 2.29 bits per heavy atom. The first-order valence-corrected chi connectivity index (χ1v) is 3.04. The lowest BCUT2D eigenvalue weighted by atomic mass is 10.1. The zero-order chi connectivity index (χ0) is 5.28. The van der Waals surface area contributed by atoms with Crippen molar-refractivity contribution < 1.29 is 0 Å². The summed E-state index contributed by atoms with van der Waals surface area (Å²) < 4.78 is 0. The summed E-state index contributed by atoms with van der Waals surface area (Å²) in [5.74, 6) is 1.78. The van der Waals surface area contributed by atoms with Crippen molar-refractivity contribution >= 4 is 0 Å². The number of nitrogens with two attached hydrogens (primary N) is 1. The predicted octanol–water partition coefficient (Wildman–Crippen LogP) is 0.991. The summed E-state index contributed by atoms with van der Waals surface area (Å²) in [4.78, 5) is 0. The van der Waals surface area contributed by atoms with Gasteiger partial charge in [0.1, 0.15) is 0 Å². The molecule has 2 N–H and O–H groups in total. The van der Waals surface area contributed by atoms with E-state index in [4.69, 9.17) is 5.73 Å². The molecule has 0 unspecified atom stereocenters. The molecule has 0 heterocycles. The third kappa shape index (κ3) is 1.16. The van der Waals surface area contributed by atoms with Gasteiger partial charge in [-0.25, -0.2) is 0 Å². The van der Waals surface area contributed by atoms with Crippen LogP contribution in [-0.4, -0.2) is 6.54 Å². The summed E-state index contributed by atoms with van der Waals surface area (Å²) >= 11 is 0. The zero-order valence-corrected chi connectivity index (χ0v) is 4.85. The van der Waals surface area contributed by atoms with E-state index in [0.29, 0.717) is 0 Å². The molecule has 1 fully saturated rings. The van der Waals surface area contributed by atoms with Crippen molar-refractivity contribution in [2.45, 2.75) is 19.8 Å². The van der Waals surface area contributed by atoms with Crippen LogP contribution < -0.4 is 5.73 Å². The molecule has 42 valence electrons. The van der Waals surface area contributed by atoms with Gasteiger partial charge in [0.2, 0.25) is 0 Å². The van der Waals surface area contributed by atoms with Crippen molar-refractivity contribution in [1.82, 2.24) is 0 Å². The van der Waals surface area contributed by atoms with Crippen LogP contribution in [-0.2, 0) is 0 Å². The molecule has 1 nitrogen and oxygen atoms in total. The molecular formula is C6H13N. The van der Waals surface area contributed by atoms with Gasteiger partial charge < -0.3 is 5.73 Å². The van der Waals surface area contributed by atoms with Crippen LogP contribution in [0.3, 0.4) is 0 Å². The molecule has 0 saturated heterocycles. The fourth-order valence-electron chi connectivity index (χ4n) is 0.858. The first-order valence-electron chi connectivity index (χ1n) is 3.04. The monoisotopic (exact) mass is 99.1 g/mol. The third-order valence-corrected chi connectivity index (χ3v) is 1.80. The molecule has 0 spiro atoms. The molecule has 1 aliphatic rings. The Bertz CT molecular complexity index is 57.2. The maximum absolute atomic E-state index is 5.41. The van der Waals surface area contributed by atoms with Gasteiger partial charge in [0.15, 0.2) is 0 Å². The van der Waals surface area contributed by atoms with Gasteiger partial charge in [-0.15, -0.1) is 0 Å². The van der Waals surface area contributed by atoms with Gasteiger partial charge >= 0.3 is 0 Å². The van der Waals surface area contributed by atoms with Crippen LogP contribution in [0.25, 0.3) is 0 Å². The van der Waals surface area contributed by atoms with Crippen LogP contribution in [0.5, 0.6) is 0 Å². The first-order chi connectivity index (χ1) is 3.34. The van der Waals surface area contributed by atoms with Crippen LogP contribution in [0.1, 0.15) is 19.8 Å². The maximum Gasteiger partial charge on any atom is -0.00489 e. The molecule has 0 aromatic heterocycles. The normalized spacial score (nSPS) is 24.9. The summed E-state index contributed by atoms with van der Waals surface area (Å²) in [5.41, 5.74) is 5.41. The molecule has 0 aromatic rings. The molecule has 7 heavy (non-hydrogen) atoms. The van der Waals surface area contributed by atoms with E-state index in [1.54, 1.807) is 0 Å². The molecule has 1 atom stereocenters. The summed E-state index contributed by atoms with van der Waals surface area (Å²) in [5, 5.41) is 0. The lowest BCUT2D eigenvalue weighted by Gasteiger charge is -2.01. The standard InChI is InChI=1S/C6H13N/c1-5(4-7)6-2-3-6/h5-6H,2-4,7H2,1H3/t5-/m1/s1. The molecule has 1 rings (SSSR count). The van der Waals surface area contributed by atoms with Crippen LogP contribution in [0.2, 0.25) is 0 Å². The highest BCUT2D eigenvalue weighted by atomic mass is 14.6. The largest absolute Gasteiger partial charge is 0.330 e. The molecule has 0 aromatic carbocycles. The molecule has 0 amide bonds. The SMILES string of the molecule is C[C@H](CN)C1CC1. The Balaban J connectivity index is 2.10. The summed E-state index contributed by atoms with van der Waals surface area (Å²) in [7, 11) is 0. The summed E-state index contributed by atoms with van der Waals surface area (Å²) in [6.45, 7) is 3.11. The Labute approximate surface area is 44.9 Å². The maximum atomic E-state index is 5.41. The fourth-order valence-corrected chi connectivity index (χ4v) is 0.858. The van der Waals surface area contributed by atoms with Gasteiger partial charge in [-0.05, 0) is 31.2 Å². The number of hydrogen-bond acceptors (Lipinski definition) is 1.